The van der Waals surface area contributed by atoms with E-state index >= 15 is 0 Å². The number of carbonyl (C=O) groups excluding carboxylic acids is 1. The Labute approximate surface area is 222 Å². The zero-order chi connectivity index (χ0) is 27.5. The Hall–Kier alpha value is -3.99. The Bertz CT molecular complexity index is 1560. The van der Waals surface area contributed by atoms with Gasteiger partial charge in [0.2, 0.25) is 5.91 Å². The van der Waals surface area contributed by atoms with E-state index < -0.39 is 17.3 Å². The summed E-state index contributed by atoms with van der Waals surface area (Å²) < 4.78 is 41.6. The SMILES string of the molecule is C[C@](O)(c1ccc(-c2nc([C@@H]3CC[C@H]4CCC(=O)N4C3)n3ccnc(N)c23)cc1)c1cncc(C(F)(F)F)c1. The van der Waals surface area contributed by atoms with E-state index in [1.807, 2.05) is 15.5 Å². The van der Waals surface area contributed by atoms with Gasteiger partial charge >= 0.3 is 6.18 Å². The molecule has 0 radical (unpaired) electrons. The van der Waals surface area contributed by atoms with Crippen LogP contribution in [0.2, 0.25) is 0 Å². The number of nitrogens with two attached hydrogens (primary N) is 1. The highest BCUT2D eigenvalue weighted by atomic mass is 19.4. The molecule has 202 valence electrons. The summed E-state index contributed by atoms with van der Waals surface area (Å²) in [7, 11) is 0. The van der Waals surface area contributed by atoms with Crippen LogP contribution >= 0.6 is 0 Å². The van der Waals surface area contributed by atoms with Gasteiger partial charge < -0.3 is 15.7 Å². The van der Waals surface area contributed by atoms with Gasteiger partial charge in [0.25, 0.3) is 0 Å². The zero-order valence-corrected chi connectivity index (χ0v) is 21.2. The Morgan fingerprint density at radius 2 is 1.79 bits per heavy atom. The molecule has 0 saturated carbocycles. The Morgan fingerprint density at radius 1 is 1.05 bits per heavy atom. The van der Waals surface area contributed by atoms with Crippen LogP contribution in [0.3, 0.4) is 0 Å². The molecule has 1 amide bonds. The van der Waals surface area contributed by atoms with Crippen LogP contribution in [-0.2, 0) is 16.6 Å². The number of amides is 1. The van der Waals surface area contributed by atoms with Gasteiger partial charge in [-0.15, -0.1) is 0 Å². The summed E-state index contributed by atoms with van der Waals surface area (Å²) in [6.45, 7) is 2.04. The van der Waals surface area contributed by atoms with E-state index in [0.29, 0.717) is 47.2 Å². The number of nitrogen functional groups attached to an aromatic ring is 1. The smallest absolute Gasteiger partial charge is 0.382 e. The number of alkyl halides is 3. The second kappa shape index (κ2) is 9.04. The number of rotatable bonds is 4. The summed E-state index contributed by atoms with van der Waals surface area (Å²) in [5.74, 6) is 1.34. The third-order valence-electron chi connectivity index (χ3n) is 8.04. The van der Waals surface area contributed by atoms with Crippen LogP contribution < -0.4 is 5.73 Å². The fourth-order valence-electron chi connectivity index (χ4n) is 5.83. The van der Waals surface area contributed by atoms with Gasteiger partial charge in [-0.05, 0) is 37.8 Å². The number of piperidine rings is 1. The van der Waals surface area contributed by atoms with Gasteiger partial charge in [-0.2, -0.15) is 13.2 Å². The lowest BCUT2D eigenvalue weighted by atomic mass is 9.88. The van der Waals surface area contributed by atoms with Crippen molar-refractivity contribution in [2.75, 3.05) is 12.3 Å². The fraction of sp³-hybridized carbons (Fsp3) is 0.357. The average molecular weight is 537 g/mol. The second-order valence-electron chi connectivity index (χ2n) is 10.5. The van der Waals surface area contributed by atoms with E-state index in [2.05, 4.69) is 9.97 Å². The molecule has 1 aromatic carbocycles. The summed E-state index contributed by atoms with van der Waals surface area (Å²) in [6, 6.07) is 8.03. The van der Waals surface area contributed by atoms with Crippen molar-refractivity contribution in [1.82, 2.24) is 24.3 Å². The number of benzene rings is 1. The molecule has 3 aromatic heterocycles. The Balaban J connectivity index is 1.36. The number of hydrogen-bond acceptors (Lipinski definition) is 6. The highest BCUT2D eigenvalue weighted by Crippen LogP contribution is 2.39. The average Bonchev–Trinajstić information content (AvgIpc) is 3.50. The Morgan fingerprint density at radius 3 is 2.54 bits per heavy atom. The van der Waals surface area contributed by atoms with E-state index in [1.165, 1.54) is 13.1 Å². The minimum atomic E-state index is -4.57. The van der Waals surface area contributed by atoms with Gasteiger partial charge in [0.05, 0.1) is 5.56 Å². The molecule has 0 bridgehead atoms. The van der Waals surface area contributed by atoms with Crippen LogP contribution in [0.1, 0.15) is 61.0 Å². The lowest BCUT2D eigenvalue weighted by Crippen LogP contribution is -2.41. The van der Waals surface area contributed by atoms with Gasteiger partial charge in [-0.25, -0.2) is 9.97 Å². The summed E-state index contributed by atoms with van der Waals surface area (Å²) >= 11 is 0. The molecule has 3 atom stereocenters. The molecule has 0 spiro atoms. The monoisotopic (exact) mass is 536 g/mol. The molecular formula is C28H27F3N6O2. The van der Waals surface area contributed by atoms with E-state index in [-0.39, 0.29) is 17.4 Å². The Kier molecular flexibility index (Phi) is 5.87. The van der Waals surface area contributed by atoms with Crippen LogP contribution in [0.25, 0.3) is 16.8 Å². The maximum atomic E-state index is 13.2. The van der Waals surface area contributed by atoms with Gasteiger partial charge in [-0.3, -0.25) is 14.2 Å². The summed E-state index contributed by atoms with van der Waals surface area (Å²) in [4.78, 5) is 27.3. The van der Waals surface area contributed by atoms with Crippen LogP contribution in [0, 0.1) is 0 Å². The quantitative estimate of drug-likeness (QED) is 0.397. The first kappa shape index (κ1) is 25.3. The van der Waals surface area contributed by atoms with Gasteiger partial charge in [0, 0.05) is 60.8 Å². The molecule has 2 saturated heterocycles. The van der Waals surface area contributed by atoms with E-state index in [0.717, 1.165) is 37.4 Å². The first-order valence-corrected chi connectivity index (χ1v) is 12.8. The zero-order valence-electron chi connectivity index (χ0n) is 21.2. The number of imidazole rings is 1. The van der Waals surface area contributed by atoms with Gasteiger partial charge in [-0.1, -0.05) is 24.3 Å². The molecule has 4 aromatic rings. The van der Waals surface area contributed by atoms with Crippen molar-refractivity contribution < 1.29 is 23.1 Å². The molecule has 2 aliphatic heterocycles. The number of anilines is 1. The standard InChI is InChI=1S/C28H27F3N6O2/c1-27(39,19-12-20(14-33-13-19)28(29,30)31)18-5-2-16(3-6-18)23-24-25(32)34-10-11-36(24)26(35-23)17-4-7-21-8-9-22(38)37(21)15-17/h2-3,5-6,10-14,17,21,39H,4,7-9,15H2,1H3,(H2,32,34)/t17-,21+,27+/m1/s1. The van der Waals surface area contributed by atoms with Crippen LogP contribution in [0.4, 0.5) is 19.0 Å². The number of carbonyl (C=O) groups is 1. The van der Waals surface area contributed by atoms with E-state index in [9.17, 15) is 23.1 Å². The lowest BCUT2D eigenvalue weighted by Gasteiger charge is -2.34. The predicted molar refractivity (Wildman–Crippen MR) is 137 cm³/mol. The molecule has 0 aliphatic carbocycles. The number of fused-ring (bicyclic) bond motifs is 2. The first-order chi connectivity index (χ1) is 18.5. The number of aliphatic hydroxyl groups is 1. The topological polar surface area (TPSA) is 110 Å². The van der Waals surface area contributed by atoms with E-state index in [1.54, 1.807) is 30.5 Å². The molecule has 8 nitrogen and oxygen atoms in total. The molecule has 3 N–H and O–H groups in total. The molecule has 39 heavy (non-hydrogen) atoms. The molecule has 6 rings (SSSR count). The van der Waals surface area contributed by atoms with E-state index in [4.69, 9.17) is 10.7 Å². The van der Waals surface area contributed by atoms with Crippen LogP contribution in [0.15, 0.2) is 55.1 Å². The predicted octanol–water partition coefficient (Wildman–Crippen LogP) is 4.52. The van der Waals surface area contributed by atoms with Crippen molar-refractivity contribution in [2.45, 2.75) is 56.3 Å². The largest absolute Gasteiger partial charge is 0.417 e. The number of nitrogens with zero attached hydrogens (tertiary/aromatic N) is 5. The van der Waals surface area contributed by atoms with Crippen molar-refractivity contribution >= 4 is 17.2 Å². The van der Waals surface area contributed by atoms with Crippen LogP contribution in [-0.4, -0.2) is 47.9 Å². The maximum absolute atomic E-state index is 13.2. The number of hydrogen-bond donors (Lipinski definition) is 2. The van der Waals surface area contributed by atoms with Crippen molar-refractivity contribution in [3.63, 3.8) is 0 Å². The van der Waals surface area contributed by atoms with Crippen molar-refractivity contribution in [2.24, 2.45) is 0 Å². The minimum absolute atomic E-state index is 0.0281. The molecular weight excluding hydrogens is 509 g/mol. The summed E-state index contributed by atoms with van der Waals surface area (Å²) in [6.07, 6.45) is 4.15. The molecule has 2 aliphatic rings. The van der Waals surface area contributed by atoms with Gasteiger partial charge in [0.15, 0.2) is 0 Å². The molecule has 11 heteroatoms. The van der Waals surface area contributed by atoms with Gasteiger partial charge in [0.1, 0.15) is 28.5 Å². The lowest BCUT2D eigenvalue weighted by molar-refractivity contribution is -0.138. The normalized spacial score (nSPS) is 21.3. The first-order valence-electron chi connectivity index (χ1n) is 12.8. The number of halogens is 3. The van der Waals surface area contributed by atoms with Crippen LogP contribution in [0.5, 0.6) is 0 Å². The number of pyridine rings is 1. The summed E-state index contributed by atoms with van der Waals surface area (Å²) in [5, 5.41) is 11.2. The third kappa shape index (κ3) is 4.30. The number of aromatic nitrogens is 4. The van der Waals surface area contributed by atoms with Crippen molar-refractivity contribution in [3.8, 4) is 11.3 Å². The van der Waals surface area contributed by atoms with Crippen molar-refractivity contribution in [3.05, 3.63) is 77.6 Å². The molecule has 2 fully saturated rings. The fourth-order valence-corrected chi connectivity index (χ4v) is 5.83. The second-order valence-corrected chi connectivity index (χ2v) is 10.5. The molecule has 5 heterocycles. The maximum Gasteiger partial charge on any atom is 0.417 e. The highest BCUT2D eigenvalue weighted by molar-refractivity contribution is 5.85. The molecule has 0 unspecified atom stereocenters. The highest BCUT2D eigenvalue weighted by Gasteiger charge is 2.38. The summed E-state index contributed by atoms with van der Waals surface area (Å²) in [5.41, 5.74) is 6.04. The third-order valence-corrected chi connectivity index (χ3v) is 8.04. The van der Waals surface area contributed by atoms with Crippen molar-refractivity contribution in [1.29, 1.82) is 0 Å². The minimum Gasteiger partial charge on any atom is -0.382 e.